The highest BCUT2D eigenvalue weighted by atomic mass is 16.5. The van der Waals surface area contributed by atoms with Gasteiger partial charge in [0.2, 0.25) is 5.91 Å². The van der Waals surface area contributed by atoms with Crippen LogP contribution < -0.4 is 16.0 Å². The Bertz CT molecular complexity index is 1700. The Morgan fingerprint density at radius 2 is 1.53 bits per heavy atom. The maximum atomic E-state index is 14.0. The summed E-state index contributed by atoms with van der Waals surface area (Å²) in [6, 6.07) is 36.3. The van der Waals surface area contributed by atoms with Crippen molar-refractivity contribution in [2.24, 2.45) is 0 Å². The normalized spacial score (nSPS) is 16.7. The molecule has 47 heavy (non-hydrogen) atoms. The molecule has 5 aromatic rings. The maximum Gasteiger partial charge on any atom is 0.407 e. The van der Waals surface area contributed by atoms with Crippen molar-refractivity contribution in [1.29, 1.82) is 0 Å². The second kappa shape index (κ2) is 15.4. The fourth-order valence-electron chi connectivity index (χ4n) is 6.03. The first-order valence-electron chi connectivity index (χ1n) is 15.9. The molecule has 0 spiro atoms. The van der Waals surface area contributed by atoms with E-state index in [1.54, 1.807) is 0 Å². The molecule has 0 aliphatic carbocycles. The molecule has 4 aromatic carbocycles. The molecule has 1 aliphatic rings. The molecule has 3 atom stereocenters. The number of anilines is 1. The number of morpholine rings is 1. The third kappa shape index (κ3) is 7.95. The second-order valence-corrected chi connectivity index (χ2v) is 11.6. The van der Waals surface area contributed by atoms with Crippen LogP contribution in [-0.2, 0) is 20.7 Å². The first kappa shape index (κ1) is 31.7. The Hall–Kier alpha value is -5.25. The van der Waals surface area contributed by atoms with E-state index in [9.17, 15) is 9.59 Å². The van der Waals surface area contributed by atoms with Crippen LogP contribution in [0.5, 0.6) is 0 Å². The Balaban J connectivity index is 1.12. The van der Waals surface area contributed by atoms with Crippen LogP contribution in [-0.4, -0.2) is 54.4 Å². The van der Waals surface area contributed by atoms with E-state index in [2.05, 4.69) is 38.1 Å². The zero-order valence-electron chi connectivity index (χ0n) is 26.3. The highest BCUT2D eigenvalue weighted by molar-refractivity contribution is 5.98. The zero-order valence-corrected chi connectivity index (χ0v) is 26.3. The number of para-hydroxylation sites is 1. The van der Waals surface area contributed by atoms with Crippen molar-refractivity contribution >= 4 is 17.7 Å². The number of aryl methyl sites for hydroxylation is 1. The average Bonchev–Trinajstić information content (AvgIpc) is 3.63. The summed E-state index contributed by atoms with van der Waals surface area (Å²) in [4.78, 5) is 34.6. The van der Waals surface area contributed by atoms with E-state index in [-0.39, 0.29) is 18.1 Å². The minimum atomic E-state index is -0.938. The number of amides is 2. The van der Waals surface area contributed by atoms with Gasteiger partial charge in [-0.3, -0.25) is 4.79 Å². The summed E-state index contributed by atoms with van der Waals surface area (Å²) >= 11 is 0. The van der Waals surface area contributed by atoms with Crippen LogP contribution in [0.4, 0.5) is 10.5 Å². The molecule has 6 rings (SSSR count). The lowest BCUT2D eigenvalue weighted by Crippen LogP contribution is -2.48. The Kier molecular flexibility index (Phi) is 10.4. The lowest BCUT2D eigenvalue weighted by atomic mass is 9.84. The van der Waals surface area contributed by atoms with E-state index in [0.29, 0.717) is 25.3 Å². The fraction of sp³-hybridized carbons (Fsp3) is 0.237. The van der Waals surface area contributed by atoms with Gasteiger partial charge in [0.15, 0.2) is 0 Å². The van der Waals surface area contributed by atoms with Crippen LogP contribution in [0.25, 0.3) is 11.3 Å². The number of carbonyl (C=O) groups excluding carboxylic acids is 2. The summed E-state index contributed by atoms with van der Waals surface area (Å²) in [7, 11) is 1.29. The van der Waals surface area contributed by atoms with Gasteiger partial charge in [0.1, 0.15) is 11.9 Å². The minimum absolute atomic E-state index is 0.00726. The van der Waals surface area contributed by atoms with Gasteiger partial charge in [0.05, 0.1) is 37.8 Å². The quantitative estimate of drug-likeness (QED) is 0.138. The van der Waals surface area contributed by atoms with Gasteiger partial charge in [-0.25, -0.2) is 9.78 Å². The number of rotatable bonds is 11. The van der Waals surface area contributed by atoms with Gasteiger partial charge in [-0.15, -0.1) is 0 Å². The average molecular weight is 630 g/mol. The number of methoxy groups -OCH3 is 1. The molecule has 9 heteroatoms. The molecule has 3 unspecified atom stereocenters. The molecule has 9 nitrogen and oxygen atoms in total. The number of alkyl carbamates (subject to hydrolysis) is 1. The van der Waals surface area contributed by atoms with E-state index in [0.717, 1.165) is 40.2 Å². The molecule has 1 saturated heterocycles. The second-order valence-electron chi connectivity index (χ2n) is 11.6. The minimum Gasteiger partial charge on any atom is -0.453 e. The number of aromatic nitrogens is 2. The van der Waals surface area contributed by atoms with E-state index in [1.165, 1.54) is 7.11 Å². The third-order valence-electron chi connectivity index (χ3n) is 8.50. The molecule has 1 aliphatic heterocycles. The highest BCUT2D eigenvalue weighted by Gasteiger charge is 2.33. The van der Waals surface area contributed by atoms with Gasteiger partial charge in [-0.1, -0.05) is 109 Å². The molecule has 240 valence electrons. The van der Waals surface area contributed by atoms with E-state index in [4.69, 9.17) is 9.47 Å². The van der Waals surface area contributed by atoms with Crippen molar-refractivity contribution < 1.29 is 19.1 Å². The number of benzene rings is 4. The standard InChI is InChI=1S/C38H39N5O4/c1-46-38(45)43-35(34(28-16-7-3-8-17-28)29-18-9-4-10-19-29)37(44)42-31-20-12-11-15-27(31)21-22-30-23-39-33(25-47-30)36-40-24-32(41-36)26-13-5-2-6-14-26/h2-20,24,30,33-35,39H,21-23,25H2,1H3,(H,40,41)(H,42,44)(H,43,45). The van der Waals surface area contributed by atoms with Gasteiger partial charge in [0.25, 0.3) is 0 Å². The zero-order chi connectivity index (χ0) is 32.4. The van der Waals surface area contributed by atoms with Crippen LogP contribution >= 0.6 is 0 Å². The van der Waals surface area contributed by atoms with E-state index in [1.807, 2.05) is 109 Å². The Morgan fingerprint density at radius 1 is 0.894 bits per heavy atom. The summed E-state index contributed by atoms with van der Waals surface area (Å²) < 4.78 is 11.2. The lowest BCUT2D eigenvalue weighted by molar-refractivity contribution is -0.118. The monoisotopic (exact) mass is 629 g/mol. The molecule has 0 saturated carbocycles. The molecular formula is C38H39N5O4. The fourth-order valence-corrected chi connectivity index (χ4v) is 6.03. The van der Waals surface area contributed by atoms with Crippen molar-refractivity contribution in [2.75, 3.05) is 25.6 Å². The largest absolute Gasteiger partial charge is 0.453 e. The summed E-state index contributed by atoms with van der Waals surface area (Å²) in [5.41, 5.74) is 5.54. The molecule has 4 N–H and O–H groups in total. The van der Waals surface area contributed by atoms with Gasteiger partial charge in [0, 0.05) is 18.2 Å². The van der Waals surface area contributed by atoms with Crippen LogP contribution in [0.15, 0.2) is 121 Å². The van der Waals surface area contributed by atoms with Gasteiger partial charge in [-0.05, 0) is 41.2 Å². The topological polar surface area (TPSA) is 117 Å². The Morgan fingerprint density at radius 3 is 2.17 bits per heavy atom. The summed E-state index contributed by atoms with van der Waals surface area (Å²) in [5, 5.41) is 9.50. The number of nitrogens with zero attached hydrogens (tertiary/aromatic N) is 1. The number of H-pyrrole nitrogens is 1. The number of nitrogens with one attached hydrogen (secondary N) is 4. The molecule has 1 fully saturated rings. The number of hydrogen-bond donors (Lipinski definition) is 4. The van der Waals surface area contributed by atoms with Crippen LogP contribution in [0, 0.1) is 0 Å². The highest BCUT2D eigenvalue weighted by Crippen LogP contribution is 2.30. The van der Waals surface area contributed by atoms with Crippen LogP contribution in [0.3, 0.4) is 0 Å². The summed E-state index contributed by atoms with van der Waals surface area (Å²) in [6.07, 6.45) is 2.65. The Labute approximate surface area is 274 Å². The first-order chi connectivity index (χ1) is 23.1. The van der Waals surface area contributed by atoms with Gasteiger partial charge in [-0.2, -0.15) is 0 Å². The molecular weight excluding hydrogens is 590 g/mol. The van der Waals surface area contributed by atoms with Gasteiger partial charge >= 0.3 is 6.09 Å². The van der Waals surface area contributed by atoms with Crippen molar-refractivity contribution in [3.05, 3.63) is 144 Å². The van der Waals surface area contributed by atoms with Gasteiger partial charge < -0.3 is 30.4 Å². The predicted molar refractivity (Wildman–Crippen MR) is 182 cm³/mol. The number of carbonyl (C=O) groups is 2. The molecule has 2 heterocycles. The number of aromatic amines is 1. The maximum absolute atomic E-state index is 14.0. The van der Waals surface area contributed by atoms with Crippen molar-refractivity contribution in [1.82, 2.24) is 20.6 Å². The first-order valence-corrected chi connectivity index (χ1v) is 15.9. The SMILES string of the molecule is COC(=O)NC(C(=O)Nc1ccccc1CCC1CNC(c2ncc(-c3ccccc3)[nH]2)CO1)C(c1ccccc1)c1ccccc1. The number of ether oxygens (including phenoxy) is 2. The summed E-state index contributed by atoms with van der Waals surface area (Å²) in [6.45, 7) is 1.19. The third-order valence-corrected chi connectivity index (χ3v) is 8.50. The molecule has 2 amide bonds. The van der Waals surface area contributed by atoms with Crippen molar-refractivity contribution in [3.8, 4) is 11.3 Å². The lowest BCUT2D eigenvalue weighted by Gasteiger charge is -2.30. The molecule has 0 radical (unpaired) electrons. The number of hydrogen-bond acceptors (Lipinski definition) is 6. The summed E-state index contributed by atoms with van der Waals surface area (Å²) in [5.74, 6) is 0.0679. The van der Waals surface area contributed by atoms with Crippen molar-refractivity contribution in [2.45, 2.75) is 36.9 Å². The van der Waals surface area contributed by atoms with E-state index < -0.39 is 18.1 Å². The van der Waals surface area contributed by atoms with Crippen LogP contribution in [0.1, 0.15) is 40.9 Å². The van der Waals surface area contributed by atoms with Crippen molar-refractivity contribution in [3.63, 3.8) is 0 Å². The van der Waals surface area contributed by atoms with Crippen LogP contribution in [0.2, 0.25) is 0 Å². The smallest absolute Gasteiger partial charge is 0.407 e. The number of imidazole rings is 1. The molecule has 1 aromatic heterocycles. The predicted octanol–water partition coefficient (Wildman–Crippen LogP) is 6.23. The van der Waals surface area contributed by atoms with E-state index >= 15 is 0 Å². The molecule has 0 bridgehead atoms.